The van der Waals surface area contributed by atoms with Crippen molar-refractivity contribution >= 4 is 17.7 Å². The first-order chi connectivity index (χ1) is 23.9. The van der Waals surface area contributed by atoms with Crippen LogP contribution in [0.25, 0.3) is 22.5 Å². The molecule has 0 radical (unpaired) electrons. The van der Waals surface area contributed by atoms with Gasteiger partial charge in [-0.2, -0.15) is 0 Å². The number of aromatic nitrogens is 2. The van der Waals surface area contributed by atoms with Crippen molar-refractivity contribution < 1.29 is 42.1 Å². The minimum Gasteiger partial charge on any atom is -0.494 e. The number of hydrogen-bond acceptors (Lipinski definition) is 7. The lowest BCUT2D eigenvalue weighted by Gasteiger charge is -2.19. The highest BCUT2D eigenvalue weighted by Gasteiger charge is 2.31. The van der Waals surface area contributed by atoms with Gasteiger partial charge in [0.2, 0.25) is 5.91 Å². The molecule has 2 N–H and O–H groups in total. The lowest BCUT2D eigenvalue weighted by Crippen LogP contribution is -2.42. The fraction of sp³-hybridized carbons (Fsp3) is 0.342. The minimum atomic E-state index is -4.88. The molecule has 0 aliphatic heterocycles. The Kier molecular flexibility index (Phi) is 13.5. The van der Waals surface area contributed by atoms with E-state index in [9.17, 15) is 32.7 Å². The van der Waals surface area contributed by atoms with Gasteiger partial charge in [0.1, 0.15) is 17.5 Å². The summed E-state index contributed by atoms with van der Waals surface area (Å²) in [5.41, 5.74) is 3.29. The van der Waals surface area contributed by atoms with E-state index >= 15 is 0 Å². The van der Waals surface area contributed by atoms with Crippen molar-refractivity contribution in [2.75, 3.05) is 6.61 Å². The van der Waals surface area contributed by atoms with E-state index in [1.807, 2.05) is 24.3 Å². The van der Waals surface area contributed by atoms with E-state index in [0.717, 1.165) is 41.0 Å². The van der Waals surface area contributed by atoms with E-state index in [1.54, 1.807) is 36.7 Å². The molecule has 264 valence electrons. The monoisotopic (exact) mass is 691 g/mol. The number of benzene rings is 3. The molecule has 0 saturated heterocycles. The number of carboxylic acids is 1. The number of amides is 1. The molecule has 0 spiro atoms. The summed E-state index contributed by atoms with van der Waals surface area (Å²) in [7, 11) is 0. The van der Waals surface area contributed by atoms with Crippen molar-refractivity contribution in [3.8, 4) is 34.0 Å². The minimum absolute atomic E-state index is 0.0805. The van der Waals surface area contributed by atoms with Crippen LogP contribution in [0.5, 0.6) is 11.5 Å². The third-order valence-electron chi connectivity index (χ3n) is 7.99. The normalized spacial score (nSPS) is 12.5. The molecule has 3 aromatic carbocycles. The predicted molar refractivity (Wildman–Crippen MR) is 182 cm³/mol. The van der Waals surface area contributed by atoms with Gasteiger partial charge in [-0.3, -0.25) is 14.4 Å². The number of aliphatic carboxylic acids is 1. The quantitative estimate of drug-likeness (QED) is 0.0792. The van der Waals surface area contributed by atoms with Gasteiger partial charge in [0, 0.05) is 41.4 Å². The summed E-state index contributed by atoms with van der Waals surface area (Å²) in [6.45, 7) is 4.19. The number of carboxylic acid groups (broad SMARTS) is 1. The Morgan fingerprint density at radius 3 is 2.00 bits per heavy atom. The summed E-state index contributed by atoms with van der Waals surface area (Å²) in [5.74, 6) is -2.53. The molecule has 12 heteroatoms. The number of alkyl halides is 3. The molecule has 1 aromatic heterocycles. The Labute approximate surface area is 288 Å². The molecule has 0 bridgehead atoms. The van der Waals surface area contributed by atoms with Gasteiger partial charge in [0.15, 0.2) is 11.6 Å². The van der Waals surface area contributed by atoms with Gasteiger partial charge < -0.3 is 19.9 Å². The van der Waals surface area contributed by atoms with Crippen LogP contribution >= 0.6 is 0 Å². The lowest BCUT2D eigenvalue weighted by atomic mass is 9.90. The zero-order valence-electron chi connectivity index (χ0n) is 27.9. The van der Waals surface area contributed by atoms with Crippen LogP contribution in [0.15, 0.2) is 85.2 Å². The van der Waals surface area contributed by atoms with Crippen molar-refractivity contribution in [2.24, 2.45) is 5.92 Å². The molecular weight excluding hydrogens is 651 g/mol. The maximum Gasteiger partial charge on any atom is 0.573 e. The first-order valence-electron chi connectivity index (χ1n) is 16.5. The van der Waals surface area contributed by atoms with Crippen molar-refractivity contribution in [1.29, 1.82) is 0 Å². The zero-order valence-corrected chi connectivity index (χ0v) is 27.9. The number of halogens is 3. The summed E-state index contributed by atoms with van der Waals surface area (Å²) in [5, 5.41) is 11.7. The Morgan fingerprint density at radius 1 is 0.800 bits per heavy atom. The number of Topliss-reactive ketones (excluding diaryl/α,β-unsaturated/α-hetero) is 1. The maximum absolute atomic E-state index is 13.1. The van der Waals surface area contributed by atoms with Crippen LogP contribution in [0.2, 0.25) is 0 Å². The molecular formula is C38H40F3N3O6. The lowest BCUT2D eigenvalue weighted by molar-refractivity contribution is -0.274. The third-order valence-corrected chi connectivity index (χ3v) is 7.99. The van der Waals surface area contributed by atoms with E-state index < -0.39 is 41.7 Å². The highest BCUT2D eigenvalue weighted by molar-refractivity contribution is 5.99. The Hall–Kier alpha value is -5.26. The van der Waals surface area contributed by atoms with Gasteiger partial charge in [-0.15, -0.1) is 13.2 Å². The Morgan fingerprint density at radius 2 is 1.40 bits per heavy atom. The van der Waals surface area contributed by atoms with Crippen molar-refractivity contribution in [3.63, 3.8) is 0 Å². The Balaban J connectivity index is 1.39. The zero-order chi connectivity index (χ0) is 36.1. The molecule has 0 saturated carbocycles. The number of hydrogen-bond donors (Lipinski definition) is 2. The average molecular weight is 692 g/mol. The topological polar surface area (TPSA) is 128 Å². The summed E-state index contributed by atoms with van der Waals surface area (Å²) < 4.78 is 47.2. The van der Waals surface area contributed by atoms with Gasteiger partial charge >= 0.3 is 12.3 Å². The molecule has 0 fully saturated rings. The number of nitrogens with one attached hydrogen (secondary N) is 1. The van der Waals surface area contributed by atoms with Crippen LogP contribution in [0.1, 0.15) is 68.3 Å². The summed E-state index contributed by atoms with van der Waals surface area (Å²) in [6.07, 6.45) is 4.26. The number of carbonyl (C=O) groups excluding carboxylic acids is 2. The van der Waals surface area contributed by atoms with Crippen molar-refractivity contribution in [2.45, 2.75) is 71.2 Å². The number of ether oxygens (including phenoxy) is 2. The summed E-state index contributed by atoms with van der Waals surface area (Å²) in [4.78, 5) is 46.5. The number of rotatable bonds is 18. The molecule has 50 heavy (non-hydrogen) atoms. The molecule has 2 atom stereocenters. The standard InChI is InChI=1S/C38H40F3N3O6/c1-3-4-5-6-7-20-49-32-16-12-27(13-17-32)31-23-42-35(43-24-31)29-10-8-26(9-11-29)21-30(36(46)44-25(2)37(47)48)22-34(45)28-14-18-33(19-15-28)50-38(39,40)41/h8-19,23-25,30H,3-7,20-22H2,1-2H3,(H,44,46)(H,47,48)/t25-,30-/m1/s1. The number of ketones is 1. The van der Waals surface area contributed by atoms with Crippen LogP contribution in [0, 0.1) is 5.92 Å². The summed E-state index contributed by atoms with van der Waals surface area (Å²) >= 11 is 0. The molecule has 0 aliphatic carbocycles. The highest BCUT2D eigenvalue weighted by atomic mass is 19.4. The molecule has 0 unspecified atom stereocenters. The SMILES string of the molecule is CCCCCCCOc1ccc(-c2cnc(-c3ccc(C[C@H](CC(=O)c4ccc(OC(F)(F)F)cc4)C(=O)N[C@H](C)C(=O)O)cc3)nc2)cc1. The van der Waals surface area contributed by atoms with Gasteiger partial charge in [0.05, 0.1) is 6.61 Å². The van der Waals surface area contributed by atoms with Crippen LogP contribution in [-0.2, 0) is 16.0 Å². The average Bonchev–Trinajstić information content (AvgIpc) is 3.09. The van der Waals surface area contributed by atoms with E-state index in [0.29, 0.717) is 18.0 Å². The second-order valence-corrected chi connectivity index (χ2v) is 11.9. The van der Waals surface area contributed by atoms with Crippen LogP contribution in [0.3, 0.4) is 0 Å². The van der Waals surface area contributed by atoms with Crippen LogP contribution in [-0.4, -0.2) is 51.7 Å². The molecule has 1 heterocycles. The van der Waals surface area contributed by atoms with Gasteiger partial charge in [-0.05, 0) is 67.3 Å². The molecule has 9 nitrogen and oxygen atoms in total. The van der Waals surface area contributed by atoms with E-state index in [4.69, 9.17) is 4.74 Å². The fourth-order valence-electron chi connectivity index (χ4n) is 5.17. The van der Waals surface area contributed by atoms with Gasteiger partial charge in [0.25, 0.3) is 0 Å². The fourth-order valence-corrected chi connectivity index (χ4v) is 5.17. The van der Waals surface area contributed by atoms with Gasteiger partial charge in [-0.1, -0.05) is 69.0 Å². The molecule has 4 aromatic rings. The van der Waals surface area contributed by atoms with Crippen LogP contribution < -0.4 is 14.8 Å². The third kappa shape index (κ3) is 11.7. The highest BCUT2D eigenvalue weighted by Crippen LogP contribution is 2.26. The van der Waals surface area contributed by atoms with Crippen LogP contribution in [0.4, 0.5) is 13.2 Å². The van der Waals surface area contributed by atoms with E-state index in [-0.39, 0.29) is 18.4 Å². The second-order valence-electron chi connectivity index (χ2n) is 11.9. The van der Waals surface area contributed by atoms with Gasteiger partial charge in [-0.25, -0.2) is 9.97 Å². The predicted octanol–water partition coefficient (Wildman–Crippen LogP) is 8.08. The smallest absolute Gasteiger partial charge is 0.494 e. The summed E-state index contributed by atoms with van der Waals surface area (Å²) in [6, 6.07) is 18.1. The molecule has 1 amide bonds. The van der Waals surface area contributed by atoms with Crippen molar-refractivity contribution in [1.82, 2.24) is 15.3 Å². The maximum atomic E-state index is 13.1. The number of nitrogens with zero attached hydrogens (tertiary/aromatic N) is 2. The second kappa shape index (κ2) is 17.9. The first-order valence-corrected chi connectivity index (χ1v) is 16.5. The number of unbranched alkanes of at least 4 members (excludes halogenated alkanes) is 4. The van der Waals surface area contributed by atoms with Crippen molar-refractivity contribution in [3.05, 3.63) is 96.3 Å². The largest absolute Gasteiger partial charge is 0.573 e. The van der Waals surface area contributed by atoms with E-state index in [2.05, 4.69) is 26.9 Å². The molecule has 0 aliphatic rings. The van der Waals surface area contributed by atoms with E-state index in [1.165, 1.54) is 44.7 Å². The first kappa shape index (κ1) is 37.6. The number of carbonyl (C=O) groups is 3. The Bertz CT molecular complexity index is 1690. The molecule has 4 rings (SSSR count).